The number of rotatable bonds is 8. The van der Waals surface area contributed by atoms with Crippen molar-refractivity contribution in [3.63, 3.8) is 0 Å². The Labute approximate surface area is 145 Å². The lowest BCUT2D eigenvalue weighted by atomic mass is 10.3. The van der Waals surface area contributed by atoms with Crippen LogP contribution in [0.2, 0.25) is 5.02 Å². The highest BCUT2D eigenvalue weighted by atomic mass is 35.5. The minimum absolute atomic E-state index is 0.489. The summed E-state index contributed by atoms with van der Waals surface area (Å²) in [4.78, 5) is 8.67. The molecule has 0 spiro atoms. The lowest BCUT2D eigenvalue weighted by Gasteiger charge is -2.13. The first-order chi connectivity index (χ1) is 11.8. The third-order valence-electron chi connectivity index (χ3n) is 3.38. The summed E-state index contributed by atoms with van der Waals surface area (Å²) in [6, 6.07) is 7.36. The minimum Gasteiger partial charge on any atom is -0.489 e. The summed E-state index contributed by atoms with van der Waals surface area (Å²) in [5, 5.41) is 3.96. The van der Waals surface area contributed by atoms with E-state index in [0.29, 0.717) is 37.2 Å². The minimum atomic E-state index is 0.489. The Morgan fingerprint density at radius 2 is 2.21 bits per heavy atom. The van der Waals surface area contributed by atoms with E-state index in [4.69, 9.17) is 21.1 Å². The molecule has 3 aromatic rings. The largest absolute Gasteiger partial charge is 0.489 e. The highest BCUT2D eigenvalue weighted by Crippen LogP contribution is 2.28. The average molecular weight is 347 g/mol. The number of imidazole rings is 1. The van der Waals surface area contributed by atoms with Crippen LogP contribution in [-0.2, 0) is 11.3 Å². The van der Waals surface area contributed by atoms with Gasteiger partial charge in [0.15, 0.2) is 0 Å². The normalized spacial score (nSPS) is 10.9. The van der Waals surface area contributed by atoms with Gasteiger partial charge in [-0.05, 0) is 31.2 Å². The Bertz CT molecular complexity index is 773. The molecule has 2 heterocycles. The Morgan fingerprint density at radius 1 is 1.29 bits per heavy atom. The van der Waals surface area contributed by atoms with Gasteiger partial charge < -0.3 is 14.8 Å². The number of hydrogen-bond acceptors (Lipinski definition) is 5. The van der Waals surface area contributed by atoms with Gasteiger partial charge in [0.2, 0.25) is 5.78 Å². The van der Waals surface area contributed by atoms with E-state index in [1.807, 2.05) is 41.9 Å². The quantitative estimate of drug-likeness (QED) is 0.633. The molecule has 0 amide bonds. The van der Waals surface area contributed by atoms with E-state index in [0.717, 1.165) is 17.1 Å². The average Bonchev–Trinajstić information content (AvgIpc) is 3.01. The van der Waals surface area contributed by atoms with Gasteiger partial charge in [-0.2, -0.15) is 0 Å². The molecule has 1 aromatic carbocycles. The van der Waals surface area contributed by atoms with Crippen LogP contribution >= 0.6 is 11.6 Å². The summed E-state index contributed by atoms with van der Waals surface area (Å²) >= 11 is 6.10. The maximum Gasteiger partial charge on any atom is 0.233 e. The van der Waals surface area contributed by atoms with Crippen LogP contribution in [-0.4, -0.2) is 34.2 Å². The second-order valence-corrected chi connectivity index (χ2v) is 5.54. The molecule has 126 valence electrons. The van der Waals surface area contributed by atoms with Gasteiger partial charge in [0, 0.05) is 30.2 Å². The molecule has 0 saturated heterocycles. The van der Waals surface area contributed by atoms with E-state index < -0.39 is 0 Å². The van der Waals surface area contributed by atoms with E-state index >= 15 is 0 Å². The third-order valence-corrected chi connectivity index (χ3v) is 3.61. The third kappa shape index (κ3) is 4.15. The van der Waals surface area contributed by atoms with Gasteiger partial charge in [-0.25, -0.2) is 9.97 Å². The fraction of sp³-hybridized carbons (Fsp3) is 0.294. The number of fused-ring (bicyclic) bond motifs is 1. The van der Waals surface area contributed by atoms with Crippen LogP contribution in [0.25, 0.3) is 5.78 Å². The molecule has 24 heavy (non-hydrogen) atoms. The summed E-state index contributed by atoms with van der Waals surface area (Å²) in [5.74, 6) is 1.41. The monoisotopic (exact) mass is 346 g/mol. The Morgan fingerprint density at radius 3 is 3.04 bits per heavy atom. The topological polar surface area (TPSA) is 60.7 Å². The van der Waals surface area contributed by atoms with E-state index in [9.17, 15) is 0 Å². The highest BCUT2D eigenvalue weighted by Gasteiger charge is 2.07. The first-order valence-corrected chi connectivity index (χ1v) is 8.16. The summed E-state index contributed by atoms with van der Waals surface area (Å²) in [7, 11) is 0. The first kappa shape index (κ1) is 16.5. The van der Waals surface area contributed by atoms with Crippen molar-refractivity contribution in [2.75, 3.05) is 25.1 Å². The smallest absolute Gasteiger partial charge is 0.233 e. The predicted molar refractivity (Wildman–Crippen MR) is 93.8 cm³/mol. The van der Waals surface area contributed by atoms with Crippen molar-refractivity contribution in [2.24, 2.45) is 0 Å². The molecule has 1 N–H and O–H groups in total. The summed E-state index contributed by atoms with van der Waals surface area (Å²) < 4.78 is 12.9. The van der Waals surface area contributed by atoms with E-state index in [2.05, 4.69) is 15.3 Å². The zero-order chi connectivity index (χ0) is 16.8. The fourth-order valence-electron chi connectivity index (χ4n) is 2.27. The lowest BCUT2D eigenvalue weighted by molar-refractivity contribution is 0.110. The number of aromatic nitrogens is 3. The Kier molecular flexibility index (Phi) is 5.51. The van der Waals surface area contributed by atoms with Crippen molar-refractivity contribution in [3.05, 3.63) is 53.6 Å². The van der Waals surface area contributed by atoms with Crippen LogP contribution in [0, 0.1) is 0 Å². The summed E-state index contributed by atoms with van der Waals surface area (Å²) in [5.41, 5.74) is 1.71. The molecule has 0 aliphatic rings. The van der Waals surface area contributed by atoms with Gasteiger partial charge in [-0.3, -0.25) is 4.40 Å². The van der Waals surface area contributed by atoms with Crippen LogP contribution in [0.4, 0.5) is 5.69 Å². The summed E-state index contributed by atoms with van der Waals surface area (Å²) in [6.45, 7) is 4.22. The van der Waals surface area contributed by atoms with Gasteiger partial charge >= 0.3 is 0 Å². The molecule has 0 unspecified atom stereocenters. The number of nitrogens with one attached hydrogen (secondary N) is 1. The van der Waals surface area contributed by atoms with E-state index in [1.54, 1.807) is 12.3 Å². The van der Waals surface area contributed by atoms with Crippen LogP contribution in [0.1, 0.15) is 12.6 Å². The molecule has 0 aliphatic carbocycles. The molecule has 3 rings (SSSR count). The zero-order valence-electron chi connectivity index (χ0n) is 13.4. The van der Waals surface area contributed by atoms with Crippen molar-refractivity contribution < 1.29 is 9.47 Å². The number of anilines is 1. The van der Waals surface area contributed by atoms with Crippen LogP contribution < -0.4 is 10.1 Å². The predicted octanol–water partition coefficient (Wildman–Crippen LogP) is 3.41. The fourth-order valence-corrected chi connectivity index (χ4v) is 2.44. The van der Waals surface area contributed by atoms with Crippen molar-refractivity contribution >= 4 is 23.1 Å². The van der Waals surface area contributed by atoms with E-state index in [1.165, 1.54) is 0 Å². The van der Waals surface area contributed by atoms with Gasteiger partial charge in [0.1, 0.15) is 12.4 Å². The number of halogens is 1. The van der Waals surface area contributed by atoms with E-state index in [-0.39, 0.29) is 0 Å². The molecule has 6 nitrogen and oxygen atoms in total. The maximum atomic E-state index is 6.10. The van der Waals surface area contributed by atoms with Crippen LogP contribution in [0.5, 0.6) is 5.75 Å². The van der Waals surface area contributed by atoms with Crippen molar-refractivity contribution in [2.45, 2.75) is 13.5 Å². The van der Waals surface area contributed by atoms with Gasteiger partial charge in [0.25, 0.3) is 0 Å². The van der Waals surface area contributed by atoms with Crippen molar-refractivity contribution in [1.29, 1.82) is 0 Å². The molecule has 7 heteroatoms. The van der Waals surface area contributed by atoms with Gasteiger partial charge in [-0.15, -0.1) is 0 Å². The standard InChI is InChI=1S/C17H19ClN4O2/c1-2-23-8-9-24-16-5-4-13(18)10-15(16)20-11-14-12-22-7-3-6-19-17(22)21-14/h3-7,10,12,20H,2,8-9,11H2,1H3. The van der Waals surface area contributed by atoms with Crippen LogP contribution in [0.15, 0.2) is 42.9 Å². The number of nitrogens with zero attached hydrogens (tertiary/aromatic N) is 3. The molecular weight excluding hydrogens is 328 g/mol. The second-order valence-electron chi connectivity index (χ2n) is 5.10. The van der Waals surface area contributed by atoms with Crippen LogP contribution in [0.3, 0.4) is 0 Å². The summed E-state index contributed by atoms with van der Waals surface area (Å²) in [6.07, 6.45) is 5.58. The number of ether oxygens (including phenoxy) is 2. The molecule has 2 aromatic heterocycles. The number of benzene rings is 1. The van der Waals surface area contributed by atoms with Crippen molar-refractivity contribution in [1.82, 2.24) is 14.4 Å². The molecule has 0 bridgehead atoms. The Hall–Kier alpha value is -2.31. The molecule has 0 fully saturated rings. The zero-order valence-corrected chi connectivity index (χ0v) is 14.2. The molecule has 0 saturated carbocycles. The second kappa shape index (κ2) is 7.99. The molecule has 0 radical (unpaired) electrons. The lowest BCUT2D eigenvalue weighted by Crippen LogP contribution is -2.08. The van der Waals surface area contributed by atoms with Gasteiger partial charge in [-0.1, -0.05) is 11.6 Å². The first-order valence-electron chi connectivity index (χ1n) is 7.79. The molecule has 0 atom stereocenters. The van der Waals surface area contributed by atoms with Crippen molar-refractivity contribution in [3.8, 4) is 5.75 Å². The molecule has 0 aliphatic heterocycles. The highest BCUT2D eigenvalue weighted by molar-refractivity contribution is 6.30. The molecular formula is C17H19ClN4O2. The SMILES string of the molecule is CCOCCOc1ccc(Cl)cc1NCc1cn2cccnc2n1. The maximum absolute atomic E-state index is 6.10. The number of hydrogen-bond donors (Lipinski definition) is 1. The van der Waals surface area contributed by atoms with Gasteiger partial charge in [0.05, 0.1) is 24.5 Å². The Balaban J connectivity index is 1.67.